The van der Waals surface area contributed by atoms with Crippen molar-refractivity contribution < 1.29 is 19.4 Å². The van der Waals surface area contributed by atoms with Gasteiger partial charge in [0.2, 0.25) is 0 Å². The third kappa shape index (κ3) is 6.64. The van der Waals surface area contributed by atoms with E-state index in [1.807, 2.05) is 0 Å². The highest BCUT2D eigenvalue weighted by Gasteiger charge is 2.15. The molecule has 0 bridgehead atoms. The van der Waals surface area contributed by atoms with Gasteiger partial charge in [-0.25, -0.2) is 9.59 Å². The number of carbonyl (C=O) groups excluding carboxylic acids is 1. The first-order chi connectivity index (χ1) is 10.2. The van der Waals surface area contributed by atoms with E-state index in [2.05, 4.69) is 33.1 Å². The van der Waals surface area contributed by atoms with Crippen LogP contribution in [0.25, 0.3) is 0 Å². The van der Waals surface area contributed by atoms with Crippen LogP contribution in [0, 0.1) is 11.8 Å². The summed E-state index contributed by atoms with van der Waals surface area (Å²) in [6.07, 6.45) is -0.00638. The minimum atomic E-state index is -0.984. The van der Waals surface area contributed by atoms with Gasteiger partial charge in [0.1, 0.15) is 5.60 Å². The highest BCUT2D eigenvalue weighted by molar-refractivity contribution is 9.10. The number of carboxylic acids is 1. The Hall–Kier alpha value is -2.00. The average Bonchev–Trinajstić information content (AvgIpc) is 2.37. The smallest absolute Gasteiger partial charge is 0.407 e. The zero-order valence-electron chi connectivity index (χ0n) is 12.7. The third-order valence-corrected chi connectivity index (χ3v) is 3.01. The highest BCUT2D eigenvalue weighted by Crippen LogP contribution is 2.17. The molecule has 0 aliphatic rings. The predicted octanol–water partition coefficient (Wildman–Crippen LogP) is 3.41. The molecule has 0 aliphatic heterocycles. The van der Waals surface area contributed by atoms with Crippen LogP contribution in [0.5, 0.6) is 0 Å². The van der Waals surface area contributed by atoms with E-state index in [0.717, 1.165) is 0 Å². The summed E-state index contributed by atoms with van der Waals surface area (Å²) in [4.78, 5) is 22.2. The number of aromatic carboxylic acids is 1. The molecule has 0 saturated carbocycles. The molecular weight excluding hydrogens is 350 g/mol. The molecule has 1 aromatic rings. The Labute approximate surface area is 138 Å². The Morgan fingerprint density at radius 1 is 1.36 bits per heavy atom. The molecular formula is C16H18BrNO4. The summed E-state index contributed by atoms with van der Waals surface area (Å²) in [6, 6.07) is 4.64. The molecule has 0 radical (unpaired) electrons. The predicted molar refractivity (Wildman–Crippen MR) is 86.8 cm³/mol. The molecule has 1 rings (SSSR count). The molecule has 118 valence electrons. The largest absolute Gasteiger partial charge is 0.478 e. The molecule has 0 aromatic heterocycles. The van der Waals surface area contributed by atoms with E-state index in [-0.39, 0.29) is 5.56 Å². The SMILES string of the molecule is CC(C)(C)OC(=O)NCCC#Cc1ccc(C(=O)O)cc1Br. The van der Waals surface area contributed by atoms with Crippen molar-refractivity contribution in [2.24, 2.45) is 0 Å². The van der Waals surface area contributed by atoms with Crippen molar-refractivity contribution in [1.82, 2.24) is 5.32 Å². The number of benzene rings is 1. The number of carboxylic acid groups (broad SMARTS) is 1. The van der Waals surface area contributed by atoms with Crippen molar-refractivity contribution in [3.63, 3.8) is 0 Å². The molecule has 0 saturated heterocycles. The molecule has 5 nitrogen and oxygen atoms in total. The minimum absolute atomic E-state index is 0.198. The van der Waals surface area contributed by atoms with Crippen LogP contribution in [-0.2, 0) is 4.74 Å². The van der Waals surface area contributed by atoms with Crippen LogP contribution in [-0.4, -0.2) is 29.3 Å². The molecule has 1 aromatic carbocycles. The van der Waals surface area contributed by atoms with Gasteiger partial charge >= 0.3 is 12.1 Å². The van der Waals surface area contributed by atoms with Crippen LogP contribution >= 0.6 is 15.9 Å². The van der Waals surface area contributed by atoms with Crippen molar-refractivity contribution in [1.29, 1.82) is 0 Å². The van der Waals surface area contributed by atoms with Crippen molar-refractivity contribution in [3.05, 3.63) is 33.8 Å². The van der Waals surface area contributed by atoms with Crippen LogP contribution in [0.3, 0.4) is 0 Å². The van der Waals surface area contributed by atoms with E-state index in [1.54, 1.807) is 26.8 Å². The number of carbonyl (C=O) groups is 2. The van der Waals surface area contributed by atoms with Crippen LogP contribution in [0.4, 0.5) is 4.79 Å². The third-order valence-electron chi connectivity index (χ3n) is 2.36. The van der Waals surface area contributed by atoms with Crippen LogP contribution < -0.4 is 5.32 Å². The van der Waals surface area contributed by atoms with Crippen molar-refractivity contribution in [3.8, 4) is 11.8 Å². The quantitative estimate of drug-likeness (QED) is 0.633. The van der Waals surface area contributed by atoms with Crippen molar-refractivity contribution in [2.45, 2.75) is 32.8 Å². The molecule has 0 unspecified atom stereocenters. The fourth-order valence-electron chi connectivity index (χ4n) is 1.45. The number of nitrogens with one attached hydrogen (secondary N) is 1. The van der Waals surface area contributed by atoms with E-state index < -0.39 is 17.7 Å². The molecule has 6 heteroatoms. The Balaban J connectivity index is 2.48. The number of hydrogen-bond acceptors (Lipinski definition) is 3. The second-order valence-corrected chi connectivity index (χ2v) is 6.33. The fourth-order valence-corrected chi connectivity index (χ4v) is 1.93. The normalized spacial score (nSPS) is 10.4. The van der Waals surface area contributed by atoms with E-state index in [0.29, 0.717) is 23.0 Å². The summed E-state index contributed by atoms with van der Waals surface area (Å²) in [6.45, 7) is 5.77. The first-order valence-electron chi connectivity index (χ1n) is 6.67. The number of halogens is 1. The van der Waals surface area contributed by atoms with Gasteiger partial charge in [-0.05, 0) is 54.9 Å². The van der Waals surface area contributed by atoms with Gasteiger partial charge in [-0.3, -0.25) is 0 Å². The van der Waals surface area contributed by atoms with Crippen LogP contribution in [0.1, 0.15) is 43.1 Å². The first kappa shape index (κ1) is 18.1. The van der Waals surface area contributed by atoms with Crippen LogP contribution in [0.15, 0.2) is 22.7 Å². The van der Waals surface area contributed by atoms with E-state index in [4.69, 9.17) is 9.84 Å². The maximum absolute atomic E-state index is 11.4. The minimum Gasteiger partial charge on any atom is -0.478 e. The van der Waals surface area contributed by atoms with Gasteiger partial charge in [-0.2, -0.15) is 0 Å². The van der Waals surface area contributed by atoms with Gasteiger partial charge in [0.15, 0.2) is 0 Å². The zero-order valence-corrected chi connectivity index (χ0v) is 14.3. The highest BCUT2D eigenvalue weighted by atomic mass is 79.9. The maximum Gasteiger partial charge on any atom is 0.407 e. The van der Waals surface area contributed by atoms with Gasteiger partial charge < -0.3 is 15.2 Å². The molecule has 0 spiro atoms. The maximum atomic E-state index is 11.4. The standard InChI is InChI=1S/C16H18BrNO4/c1-16(2,3)22-15(21)18-9-5-4-6-11-7-8-12(14(19)20)10-13(11)17/h7-8,10H,5,9H2,1-3H3,(H,18,21)(H,19,20). The number of hydrogen-bond donors (Lipinski definition) is 2. The van der Waals surface area contributed by atoms with E-state index >= 15 is 0 Å². The average molecular weight is 368 g/mol. The molecule has 2 N–H and O–H groups in total. The summed E-state index contributed by atoms with van der Waals surface area (Å²) in [5.41, 5.74) is 0.373. The van der Waals surface area contributed by atoms with Gasteiger partial charge in [-0.1, -0.05) is 11.8 Å². The van der Waals surface area contributed by atoms with Crippen LogP contribution in [0.2, 0.25) is 0 Å². The summed E-state index contributed by atoms with van der Waals surface area (Å²) < 4.78 is 5.72. The summed E-state index contributed by atoms with van der Waals surface area (Å²) in [5.74, 6) is 4.85. The second kappa shape index (κ2) is 7.85. The molecule has 22 heavy (non-hydrogen) atoms. The lowest BCUT2D eigenvalue weighted by atomic mass is 10.1. The monoisotopic (exact) mass is 367 g/mol. The van der Waals surface area contributed by atoms with Crippen molar-refractivity contribution in [2.75, 3.05) is 6.54 Å². The summed E-state index contributed by atoms with van der Waals surface area (Å²) in [7, 11) is 0. The number of alkyl carbamates (subject to hydrolysis) is 1. The Morgan fingerprint density at radius 3 is 2.59 bits per heavy atom. The molecule has 0 fully saturated rings. The second-order valence-electron chi connectivity index (χ2n) is 5.48. The molecule has 1 amide bonds. The Morgan fingerprint density at radius 2 is 2.05 bits per heavy atom. The molecule has 0 heterocycles. The first-order valence-corrected chi connectivity index (χ1v) is 7.47. The summed E-state index contributed by atoms with van der Waals surface area (Å²) in [5, 5.41) is 11.5. The number of ether oxygens (including phenoxy) is 1. The number of rotatable bonds is 3. The topological polar surface area (TPSA) is 75.6 Å². The lowest BCUT2D eigenvalue weighted by molar-refractivity contribution is 0.0528. The van der Waals surface area contributed by atoms with Gasteiger partial charge in [0.05, 0.1) is 5.56 Å². The lowest BCUT2D eigenvalue weighted by Gasteiger charge is -2.19. The lowest BCUT2D eigenvalue weighted by Crippen LogP contribution is -2.32. The van der Waals surface area contributed by atoms with Gasteiger partial charge in [-0.15, -0.1) is 0 Å². The van der Waals surface area contributed by atoms with Gasteiger partial charge in [0.25, 0.3) is 0 Å². The molecule has 0 atom stereocenters. The zero-order chi connectivity index (χ0) is 16.8. The number of amides is 1. The fraction of sp³-hybridized carbons (Fsp3) is 0.375. The van der Waals surface area contributed by atoms with Gasteiger partial charge in [0, 0.05) is 23.0 Å². The Bertz CT molecular complexity index is 623. The Kier molecular flexibility index (Phi) is 6.44. The summed E-state index contributed by atoms with van der Waals surface area (Å²) >= 11 is 3.29. The molecule has 0 aliphatic carbocycles. The van der Waals surface area contributed by atoms with E-state index in [9.17, 15) is 9.59 Å². The van der Waals surface area contributed by atoms with E-state index in [1.165, 1.54) is 12.1 Å². The van der Waals surface area contributed by atoms with Crippen molar-refractivity contribution >= 4 is 28.0 Å².